The van der Waals surface area contributed by atoms with Crippen molar-refractivity contribution in [1.82, 2.24) is 15.2 Å². The number of hydrogen-bond donors (Lipinski definition) is 2. The van der Waals surface area contributed by atoms with Crippen molar-refractivity contribution >= 4 is 29.2 Å². The Kier molecular flexibility index (Phi) is 7.43. The highest BCUT2D eigenvalue weighted by Gasteiger charge is 2.24. The molecular weight excluding hydrogens is 382 g/mol. The monoisotopic (exact) mass is 409 g/mol. The van der Waals surface area contributed by atoms with Gasteiger partial charge in [0.05, 0.1) is 16.8 Å². The number of ether oxygens (including phenoxy) is 1. The van der Waals surface area contributed by atoms with Gasteiger partial charge in [-0.05, 0) is 44.4 Å². The van der Waals surface area contributed by atoms with Gasteiger partial charge >= 0.3 is 6.09 Å². The second-order valence-corrected chi connectivity index (χ2v) is 8.28. The van der Waals surface area contributed by atoms with Crippen molar-refractivity contribution < 1.29 is 19.4 Å². The Labute approximate surface area is 170 Å². The van der Waals surface area contributed by atoms with Crippen molar-refractivity contribution in [3.05, 3.63) is 34.6 Å². The van der Waals surface area contributed by atoms with E-state index < -0.39 is 11.7 Å². The fourth-order valence-electron chi connectivity index (χ4n) is 2.81. The molecule has 0 aliphatic carbocycles. The van der Waals surface area contributed by atoms with E-state index in [2.05, 4.69) is 10.3 Å². The molecule has 2 rings (SSSR count). The lowest BCUT2D eigenvalue weighted by atomic mass is 10.0. The van der Waals surface area contributed by atoms with E-state index in [0.29, 0.717) is 36.6 Å². The third-order valence-corrected chi connectivity index (χ3v) is 4.41. The second kappa shape index (κ2) is 9.39. The van der Waals surface area contributed by atoms with Crippen molar-refractivity contribution in [2.24, 2.45) is 0 Å². The number of carbonyl (C=O) groups excluding carboxylic acids is 2. The van der Waals surface area contributed by atoms with Crippen LogP contribution in [0.2, 0.25) is 5.02 Å². The van der Waals surface area contributed by atoms with Crippen LogP contribution in [0.15, 0.2) is 18.3 Å². The lowest BCUT2D eigenvalue weighted by molar-refractivity contribution is -0.119. The third kappa shape index (κ3) is 6.80. The molecule has 0 bridgehead atoms. The summed E-state index contributed by atoms with van der Waals surface area (Å²) in [7, 11) is 0. The maximum atomic E-state index is 12.1. The highest BCUT2D eigenvalue weighted by Crippen LogP contribution is 2.28. The molecule has 2 N–H and O–H groups in total. The molecule has 2 heterocycles. The van der Waals surface area contributed by atoms with Gasteiger partial charge < -0.3 is 20.1 Å². The van der Waals surface area contributed by atoms with E-state index in [1.54, 1.807) is 17.2 Å². The van der Waals surface area contributed by atoms with Crippen LogP contribution in [-0.2, 0) is 16.0 Å². The number of halogens is 1. The average Bonchev–Trinajstić information content (AvgIpc) is 2.59. The van der Waals surface area contributed by atoms with Gasteiger partial charge in [-0.25, -0.2) is 4.79 Å². The molecule has 8 heteroatoms. The summed E-state index contributed by atoms with van der Waals surface area (Å²) in [6, 6.07) is 1.78. The number of aliphatic hydroxyl groups is 1. The molecule has 1 aromatic heterocycles. The van der Waals surface area contributed by atoms with Crippen LogP contribution in [0.25, 0.3) is 5.57 Å². The molecule has 0 radical (unpaired) electrons. The van der Waals surface area contributed by atoms with Gasteiger partial charge in [0.1, 0.15) is 5.60 Å². The van der Waals surface area contributed by atoms with E-state index >= 15 is 0 Å². The van der Waals surface area contributed by atoms with Crippen LogP contribution in [-0.4, -0.2) is 58.3 Å². The van der Waals surface area contributed by atoms with Crippen molar-refractivity contribution in [3.63, 3.8) is 0 Å². The Morgan fingerprint density at radius 1 is 1.43 bits per heavy atom. The summed E-state index contributed by atoms with van der Waals surface area (Å²) in [5.41, 5.74) is 1.94. The van der Waals surface area contributed by atoms with Gasteiger partial charge in [0, 0.05) is 39.2 Å². The standard InChI is InChI=1S/C20H28ClN3O4/c1-13(25)22-12-16(26)9-14-10-17(21)18(23-11-14)15-5-7-24(8-6-15)19(27)28-20(2,3)4/h5,10-11,16,26H,6-9,12H2,1-4H3,(H,22,25)/t16-/m1/s1. The molecular formula is C20H28ClN3O4. The number of pyridine rings is 1. The summed E-state index contributed by atoms with van der Waals surface area (Å²) in [6.07, 6.45) is 3.57. The number of hydrogen-bond acceptors (Lipinski definition) is 5. The summed E-state index contributed by atoms with van der Waals surface area (Å²) in [4.78, 5) is 29.2. The van der Waals surface area contributed by atoms with Gasteiger partial charge in [-0.15, -0.1) is 0 Å². The molecule has 28 heavy (non-hydrogen) atoms. The van der Waals surface area contributed by atoms with E-state index in [9.17, 15) is 14.7 Å². The first-order valence-corrected chi connectivity index (χ1v) is 9.67. The normalized spacial score (nSPS) is 15.6. The largest absolute Gasteiger partial charge is 0.444 e. The van der Waals surface area contributed by atoms with Gasteiger partial charge in [-0.3, -0.25) is 9.78 Å². The van der Waals surface area contributed by atoms with E-state index in [4.69, 9.17) is 16.3 Å². The summed E-state index contributed by atoms with van der Waals surface area (Å²) in [5.74, 6) is -0.185. The first-order chi connectivity index (χ1) is 13.0. The Balaban J connectivity index is 1.99. The van der Waals surface area contributed by atoms with Crippen LogP contribution in [0, 0.1) is 0 Å². The van der Waals surface area contributed by atoms with Gasteiger partial charge in [-0.2, -0.15) is 0 Å². The molecule has 0 saturated heterocycles. The fraction of sp³-hybridized carbons (Fsp3) is 0.550. The predicted octanol–water partition coefficient (Wildman–Crippen LogP) is 2.80. The van der Waals surface area contributed by atoms with E-state index in [1.165, 1.54) is 6.92 Å². The number of nitrogens with one attached hydrogen (secondary N) is 1. The summed E-state index contributed by atoms with van der Waals surface area (Å²) in [5, 5.41) is 13.1. The molecule has 0 fully saturated rings. The van der Waals surface area contributed by atoms with E-state index in [0.717, 1.165) is 11.1 Å². The average molecular weight is 410 g/mol. The molecule has 1 aliphatic rings. The molecule has 0 spiro atoms. The van der Waals surface area contributed by atoms with Crippen molar-refractivity contribution in [2.75, 3.05) is 19.6 Å². The van der Waals surface area contributed by atoms with Crippen molar-refractivity contribution in [2.45, 2.75) is 52.2 Å². The molecule has 154 valence electrons. The van der Waals surface area contributed by atoms with Crippen molar-refractivity contribution in [3.8, 4) is 0 Å². The molecule has 1 aliphatic heterocycles. The van der Waals surface area contributed by atoms with Crippen LogP contribution in [0.5, 0.6) is 0 Å². The molecule has 7 nitrogen and oxygen atoms in total. The van der Waals surface area contributed by atoms with Crippen LogP contribution in [0.3, 0.4) is 0 Å². The maximum Gasteiger partial charge on any atom is 0.410 e. The number of aliphatic hydroxyl groups excluding tert-OH is 1. The number of rotatable bonds is 5. The summed E-state index contributed by atoms with van der Waals surface area (Å²) >= 11 is 6.40. The zero-order valence-electron chi connectivity index (χ0n) is 16.8. The number of carbonyl (C=O) groups is 2. The number of nitrogens with zero attached hydrogens (tertiary/aromatic N) is 2. The minimum atomic E-state index is -0.705. The van der Waals surface area contributed by atoms with Gasteiger partial charge in [0.2, 0.25) is 5.91 Å². The molecule has 2 amide bonds. The highest BCUT2D eigenvalue weighted by atomic mass is 35.5. The molecule has 1 aromatic rings. The van der Waals surface area contributed by atoms with E-state index in [-0.39, 0.29) is 18.5 Å². The molecule has 0 saturated carbocycles. The SMILES string of the molecule is CC(=O)NC[C@H](O)Cc1cnc(C2=CCN(C(=O)OC(C)(C)C)CC2)c(Cl)c1. The predicted molar refractivity (Wildman–Crippen MR) is 108 cm³/mol. The lowest BCUT2D eigenvalue weighted by Crippen LogP contribution is -2.39. The highest BCUT2D eigenvalue weighted by molar-refractivity contribution is 6.32. The molecule has 1 atom stereocenters. The van der Waals surface area contributed by atoms with Crippen LogP contribution in [0.1, 0.15) is 45.4 Å². The third-order valence-electron chi connectivity index (χ3n) is 4.12. The first-order valence-electron chi connectivity index (χ1n) is 9.29. The van der Waals surface area contributed by atoms with Crippen LogP contribution < -0.4 is 5.32 Å². The number of aromatic nitrogens is 1. The molecule has 0 aromatic carbocycles. The van der Waals surface area contributed by atoms with Gasteiger partial charge in [0.25, 0.3) is 0 Å². The van der Waals surface area contributed by atoms with E-state index in [1.807, 2.05) is 26.8 Å². The fourth-order valence-corrected chi connectivity index (χ4v) is 3.12. The molecule has 0 unspecified atom stereocenters. The Morgan fingerprint density at radius 3 is 2.68 bits per heavy atom. The Morgan fingerprint density at radius 2 is 2.14 bits per heavy atom. The minimum Gasteiger partial charge on any atom is -0.444 e. The quantitative estimate of drug-likeness (QED) is 0.780. The van der Waals surface area contributed by atoms with Crippen LogP contribution >= 0.6 is 11.6 Å². The maximum absolute atomic E-state index is 12.1. The lowest BCUT2D eigenvalue weighted by Gasteiger charge is -2.29. The smallest absolute Gasteiger partial charge is 0.410 e. The zero-order chi connectivity index (χ0) is 20.9. The topological polar surface area (TPSA) is 91.8 Å². The van der Waals surface area contributed by atoms with Gasteiger partial charge in [-0.1, -0.05) is 17.7 Å². The zero-order valence-corrected chi connectivity index (χ0v) is 17.5. The second-order valence-electron chi connectivity index (χ2n) is 7.87. The summed E-state index contributed by atoms with van der Waals surface area (Å²) < 4.78 is 5.40. The Hall–Kier alpha value is -2.12. The van der Waals surface area contributed by atoms with Gasteiger partial charge in [0.15, 0.2) is 0 Å². The Bertz CT molecular complexity index is 758. The minimum absolute atomic E-state index is 0.181. The number of amides is 2. The van der Waals surface area contributed by atoms with Crippen molar-refractivity contribution in [1.29, 1.82) is 0 Å². The van der Waals surface area contributed by atoms with Crippen LogP contribution in [0.4, 0.5) is 4.79 Å². The first kappa shape index (κ1) is 22.2. The summed E-state index contributed by atoms with van der Waals surface area (Å²) in [6.45, 7) is 8.09.